The molecule has 0 unspecified atom stereocenters. The average Bonchev–Trinajstić information content (AvgIpc) is 2.99. The summed E-state index contributed by atoms with van der Waals surface area (Å²) in [5.74, 6) is 0.747. The molecule has 1 aromatic heterocycles. The molecule has 4 nitrogen and oxygen atoms in total. The molecule has 2 aromatic rings. The third-order valence-electron chi connectivity index (χ3n) is 3.50. The van der Waals surface area contributed by atoms with E-state index in [-0.39, 0.29) is 12.5 Å². The van der Waals surface area contributed by atoms with E-state index in [1.165, 1.54) is 34.9 Å². The fourth-order valence-electron chi connectivity index (χ4n) is 2.50. The fraction of sp³-hybridized carbons (Fsp3) is 0.333. The highest BCUT2D eigenvalue weighted by Crippen LogP contribution is 2.29. The smallest absolute Gasteiger partial charge is 0.269 e. The van der Waals surface area contributed by atoms with Gasteiger partial charge in [0.05, 0.1) is 0 Å². The maximum atomic E-state index is 11.8. The van der Waals surface area contributed by atoms with Gasteiger partial charge < -0.3 is 4.74 Å². The van der Waals surface area contributed by atoms with Gasteiger partial charge in [-0.05, 0) is 42.9 Å². The Hall–Kier alpha value is -2.10. The van der Waals surface area contributed by atoms with Crippen molar-refractivity contribution >= 4 is 5.91 Å². The first-order valence-corrected chi connectivity index (χ1v) is 6.59. The molecular formula is C15H16N2O2. The summed E-state index contributed by atoms with van der Waals surface area (Å²) in [6, 6.07) is 6.10. The predicted octanol–water partition coefficient (Wildman–Crippen LogP) is 2.48. The van der Waals surface area contributed by atoms with Crippen LogP contribution in [0.3, 0.4) is 0 Å². The van der Waals surface area contributed by atoms with Gasteiger partial charge in [-0.1, -0.05) is 12.1 Å². The van der Waals surface area contributed by atoms with E-state index >= 15 is 0 Å². The normalized spacial score (nSPS) is 13.9. The number of rotatable bonds is 3. The molecule has 0 spiro atoms. The molecule has 4 heteroatoms. The van der Waals surface area contributed by atoms with Crippen molar-refractivity contribution < 1.29 is 9.53 Å². The highest BCUT2D eigenvalue weighted by molar-refractivity contribution is 5.80. The molecule has 1 heterocycles. The molecule has 19 heavy (non-hydrogen) atoms. The van der Waals surface area contributed by atoms with Gasteiger partial charge in [-0.3, -0.25) is 9.36 Å². The Kier molecular flexibility index (Phi) is 3.31. The van der Waals surface area contributed by atoms with Crippen LogP contribution >= 0.6 is 0 Å². The Morgan fingerprint density at radius 3 is 3.05 bits per heavy atom. The number of aryl methyl sites for hydroxylation is 1. The van der Waals surface area contributed by atoms with Crippen LogP contribution in [0.2, 0.25) is 0 Å². The summed E-state index contributed by atoms with van der Waals surface area (Å²) in [5, 5.41) is 0. The predicted molar refractivity (Wildman–Crippen MR) is 71.4 cm³/mol. The molecule has 0 amide bonds. The van der Waals surface area contributed by atoms with Gasteiger partial charge in [-0.15, -0.1) is 0 Å². The molecule has 1 aromatic carbocycles. The first-order valence-electron chi connectivity index (χ1n) is 6.59. The van der Waals surface area contributed by atoms with Crippen LogP contribution in [0.1, 0.15) is 28.8 Å². The first kappa shape index (κ1) is 12.0. The van der Waals surface area contributed by atoms with E-state index < -0.39 is 0 Å². The summed E-state index contributed by atoms with van der Waals surface area (Å²) >= 11 is 0. The Labute approximate surface area is 112 Å². The van der Waals surface area contributed by atoms with E-state index in [9.17, 15) is 4.79 Å². The van der Waals surface area contributed by atoms with Crippen LogP contribution in [0.4, 0.5) is 0 Å². The van der Waals surface area contributed by atoms with Gasteiger partial charge in [-0.2, -0.15) is 0 Å². The van der Waals surface area contributed by atoms with Crippen molar-refractivity contribution in [2.75, 3.05) is 6.61 Å². The number of nitrogens with zero attached hydrogens (tertiary/aromatic N) is 2. The van der Waals surface area contributed by atoms with E-state index in [4.69, 9.17) is 4.74 Å². The lowest BCUT2D eigenvalue weighted by molar-refractivity contribution is 0.0836. The molecule has 0 atom stereocenters. The summed E-state index contributed by atoms with van der Waals surface area (Å²) in [7, 11) is 0. The van der Waals surface area contributed by atoms with E-state index in [1.54, 1.807) is 12.4 Å². The minimum Gasteiger partial charge on any atom is -0.483 e. The fourth-order valence-corrected chi connectivity index (χ4v) is 2.50. The quantitative estimate of drug-likeness (QED) is 0.847. The monoisotopic (exact) mass is 256 g/mol. The number of hydrogen-bond acceptors (Lipinski definition) is 3. The van der Waals surface area contributed by atoms with Gasteiger partial charge in [0, 0.05) is 12.4 Å². The van der Waals surface area contributed by atoms with Crippen molar-refractivity contribution in [3.63, 3.8) is 0 Å². The van der Waals surface area contributed by atoms with Gasteiger partial charge in [0.25, 0.3) is 5.91 Å². The van der Waals surface area contributed by atoms with Crippen LogP contribution in [-0.4, -0.2) is 22.1 Å². The second-order valence-electron chi connectivity index (χ2n) is 4.75. The van der Waals surface area contributed by atoms with Crippen molar-refractivity contribution in [1.29, 1.82) is 0 Å². The van der Waals surface area contributed by atoms with Crippen molar-refractivity contribution in [3.8, 4) is 5.75 Å². The Morgan fingerprint density at radius 1 is 1.32 bits per heavy atom. The summed E-state index contributed by atoms with van der Waals surface area (Å²) in [4.78, 5) is 15.7. The van der Waals surface area contributed by atoms with E-state index in [0.717, 1.165) is 18.6 Å². The molecule has 0 bridgehead atoms. The minimum absolute atomic E-state index is 0.0484. The number of carbonyl (C=O) groups is 1. The summed E-state index contributed by atoms with van der Waals surface area (Å²) in [6.45, 7) is 0.0484. The number of ether oxygens (including phenoxy) is 1. The maximum absolute atomic E-state index is 11.8. The van der Waals surface area contributed by atoms with Gasteiger partial charge in [-0.25, -0.2) is 4.98 Å². The number of benzene rings is 1. The van der Waals surface area contributed by atoms with Gasteiger partial charge in [0.2, 0.25) is 0 Å². The summed E-state index contributed by atoms with van der Waals surface area (Å²) in [5.41, 5.74) is 2.63. The van der Waals surface area contributed by atoms with Crippen LogP contribution in [-0.2, 0) is 12.8 Å². The molecule has 0 fully saturated rings. The zero-order valence-corrected chi connectivity index (χ0v) is 10.7. The van der Waals surface area contributed by atoms with Crippen LogP contribution in [0.5, 0.6) is 5.75 Å². The Morgan fingerprint density at radius 2 is 2.21 bits per heavy atom. The van der Waals surface area contributed by atoms with Crippen LogP contribution < -0.4 is 4.74 Å². The zero-order valence-electron chi connectivity index (χ0n) is 10.7. The largest absolute Gasteiger partial charge is 0.483 e. The maximum Gasteiger partial charge on any atom is 0.269 e. The van der Waals surface area contributed by atoms with Gasteiger partial charge in [0.15, 0.2) is 6.61 Å². The van der Waals surface area contributed by atoms with E-state index in [0.29, 0.717) is 0 Å². The highest BCUT2D eigenvalue weighted by atomic mass is 16.5. The van der Waals surface area contributed by atoms with Crippen LogP contribution in [0.15, 0.2) is 36.9 Å². The average molecular weight is 256 g/mol. The minimum atomic E-state index is -0.106. The lowest BCUT2D eigenvalue weighted by Gasteiger charge is -2.19. The van der Waals surface area contributed by atoms with E-state index in [1.807, 2.05) is 12.1 Å². The second-order valence-corrected chi connectivity index (χ2v) is 4.75. The van der Waals surface area contributed by atoms with Crippen molar-refractivity contribution in [2.24, 2.45) is 0 Å². The second kappa shape index (κ2) is 5.26. The molecular weight excluding hydrogens is 240 g/mol. The molecule has 0 saturated heterocycles. The zero-order chi connectivity index (χ0) is 13.1. The summed E-state index contributed by atoms with van der Waals surface area (Å²) in [6.07, 6.45) is 9.31. The standard InChI is InChI=1S/C15H16N2O2/c18-15(17-9-8-16-11-17)10-19-14-7-3-5-12-4-1-2-6-13(12)14/h3,5,7-9,11H,1-2,4,6,10H2. The summed E-state index contributed by atoms with van der Waals surface area (Å²) < 4.78 is 7.13. The number of imidazole rings is 1. The van der Waals surface area contributed by atoms with Crippen LogP contribution in [0, 0.1) is 0 Å². The molecule has 1 aliphatic rings. The molecule has 0 aliphatic heterocycles. The third kappa shape index (κ3) is 2.52. The highest BCUT2D eigenvalue weighted by Gasteiger charge is 2.14. The van der Waals surface area contributed by atoms with Crippen molar-refractivity contribution in [3.05, 3.63) is 48.0 Å². The number of carbonyl (C=O) groups excluding carboxylic acids is 1. The Bertz CT molecular complexity index is 576. The van der Waals surface area contributed by atoms with Crippen molar-refractivity contribution in [2.45, 2.75) is 25.7 Å². The molecule has 0 N–H and O–H groups in total. The molecule has 0 radical (unpaired) electrons. The van der Waals surface area contributed by atoms with Crippen molar-refractivity contribution in [1.82, 2.24) is 9.55 Å². The molecule has 3 rings (SSSR count). The molecule has 98 valence electrons. The first-order chi connectivity index (χ1) is 9.34. The Balaban J connectivity index is 1.72. The van der Waals surface area contributed by atoms with E-state index in [2.05, 4.69) is 11.1 Å². The third-order valence-corrected chi connectivity index (χ3v) is 3.50. The number of hydrogen-bond donors (Lipinski definition) is 0. The lowest BCUT2D eigenvalue weighted by atomic mass is 9.91. The van der Waals surface area contributed by atoms with Crippen LogP contribution in [0.25, 0.3) is 0 Å². The SMILES string of the molecule is O=C(COc1cccc2c1CCCC2)n1ccnc1. The number of fused-ring (bicyclic) bond motifs is 1. The lowest BCUT2D eigenvalue weighted by Crippen LogP contribution is -2.18. The van der Waals surface area contributed by atoms with Gasteiger partial charge in [0.1, 0.15) is 12.1 Å². The topological polar surface area (TPSA) is 44.1 Å². The number of aromatic nitrogens is 2. The molecule has 1 aliphatic carbocycles. The molecule has 0 saturated carbocycles. The van der Waals surface area contributed by atoms with Gasteiger partial charge >= 0.3 is 0 Å².